The molecule has 0 saturated heterocycles. The third-order valence-corrected chi connectivity index (χ3v) is 4.42. The first-order chi connectivity index (χ1) is 11.6. The lowest BCUT2D eigenvalue weighted by molar-refractivity contribution is -0.599. The zero-order valence-corrected chi connectivity index (χ0v) is 14.3. The molecule has 0 radical (unpaired) electrons. The highest BCUT2D eigenvalue weighted by Crippen LogP contribution is 2.24. The van der Waals surface area contributed by atoms with Gasteiger partial charge in [-0.3, -0.25) is 4.79 Å². The lowest BCUT2D eigenvalue weighted by atomic mass is 10.1. The van der Waals surface area contributed by atoms with Crippen molar-refractivity contribution >= 4 is 12.6 Å². The predicted octanol–water partition coefficient (Wildman–Crippen LogP) is 2.89. The zero-order chi connectivity index (χ0) is 17.3. The van der Waals surface area contributed by atoms with E-state index in [1.165, 1.54) is 0 Å². The van der Waals surface area contributed by atoms with Crippen LogP contribution in [-0.4, -0.2) is 4.57 Å². The largest absolute Gasteiger partial charge is 0.302 e. The molecule has 118 valence electrons. The topological polar surface area (TPSA) is 49.7 Å². The molecule has 2 aromatic heterocycles. The van der Waals surface area contributed by atoms with Gasteiger partial charge in [-0.1, -0.05) is 24.3 Å². The summed E-state index contributed by atoms with van der Waals surface area (Å²) in [6, 6.07) is 15.4. The molecule has 0 bridgehead atoms. The SMILES string of the molecule is Cc1ccccc1-n1c(C)c(C#N)c(=O)c(-[n+]2ccccc2)c1S. The summed E-state index contributed by atoms with van der Waals surface area (Å²) in [4.78, 5) is 12.8. The minimum Gasteiger partial charge on any atom is -0.302 e. The number of rotatable bonds is 2. The molecule has 0 atom stereocenters. The molecule has 0 amide bonds. The number of pyridine rings is 2. The second kappa shape index (κ2) is 6.34. The van der Waals surface area contributed by atoms with E-state index in [0.717, 1.165) is 11.3 Å². The lowest BCUT2D eigenvalue weighted by Crippen LogP contribution is -2.39. The maximum Gasteiger partial charge on any atom is 0.290 e. The van der Waals surface area contributed by atoms with E-state index in [1.54, 1.807) is 23.9 Å². The molecule has 3 aromatic rings. The second-order valence-electron chi connectivity index (χ2n) is 5.48. The van der Waals surface area contributed by atoms with Gasteiger partial charge in [0.15, 0.2) is 17.4 Å². The number of nitriles is 1. The Morgan fingerprint density at radius 3 is 2.38 bits per heavy atom. The second-order valence-corrected chi connectivity index (χ2v) is 5.90. The highest BCUT2D eigenvalue weighted by atomic mass is 32.1. The van der Waals surface area contributed by atoms with Crippen LogP contribution in [0.1, 0.15) is 16.8 Å². The molecular formula is C19H16N3OS+. The van der Waals surface area contributed by atoms with E-state index in [1.807, 2.05) is 60.0 Å². The van der Waals surface area contributed by atoms with Gasteiger partial charge in [0, 0.05) is 23.5 Å². The first kappa shape index (κ1) is 16.0. The lowest BCUT2D eigenvalue weighted by Gasteiger charge is -2.17. The van der Waals surface area contributed by atoms with Gasteiger partial charge in [0.1, 0.15) is 11.6 Å². The molecule has 5 heteroatoms. The normalized spacial score (nSPS) is 10.4. The van der Waals surface area contributed by atoms with Crippen molar-refractivity contribution in [3.05, 3.63) is 81.9 Å². The van der Waals surface area contributed by atoms with E-state index >= 15 is 0 Å². The van der Waals surface area contributed by atoms with Crippen LogP contribution in [0.2, 0.25) is 0 Å². The molecule has 1 aromatic carbocycles. The van der Waals surface area contributed by atoms with Gasteiger partial charge in [0.05, 0.1) is 0 Å². The zero-order valence-electron chi connectivity index (χ0n) is 13.4. The standard InChI is InChI=1S/C19H15N3OS/c1-13-8-4-5-9-16(13)22-14(2)15(12-20)18(23)17(19(22)24)21-10-6-3-7-11-21/h3-11H,1-2H3/p+1. The van der Waals surface area contributed by atoms with E-state index in [-0.39, 0.29) is 11.0 Å². The quantitative estimate of drug-likeness (QED) is 0.579. The number of aryl methyl sites for hydroxylation is 1. The summed E-state index contributed by atoms with van der Waals surface area (Å²) in [5.74, 6) is 0. The molecule has 0 fully saturated rings. The van der Waals surface area contributed by atoms with Crippen LogP contribution >= 0.6 is 12.6 Å². The average Bonchev–Trinajstić information content (AvgIpc) is 2.58. The number of para-hydroxylation sites is 1. The van der Waals surface area contributed by atoms with Crippen LogP contribution in [0.5, 0.6) is 0 Å². The van der Waals surface area contributed by atoms with Crippen LogP contribution in [0.3, 0.4) is 0 Å². The van der Waals surface area contributed by atoms with Gasteiger partial charge in [-0.15, -0.1) is 12.6 Å². The fraction of sp³-hybridized carbons (Fsp3) is 0.105. The first-order valence-corrected chi connectivity index (χ1v) is 7.92. The fourth-order valence-electron chi connectivity index (χ4n) is 2.78. The van der Waals surface area contributed by atoms with Gasteiger partial charge in [-0.05, 0) is 25.5 Å². The first-order valence-electron chi connectivity index (χ1n) is 7.47. The van der Waals surface area contributed by atoms with Crippen molar-refractivity contribution < 1.29 is 4.57 Å². The van der Waals surface area contributed by atoms with Crippen molar-refractivity contribution in [2.45, 2.75) is 18.9 Å². The van der Waals surface area contributed by atoms with Crippen molar-refractivity contribution in [2.24, 2.45) is 0 Å². The Kier molecular flexibility index (Phi) is 4.24. The highest BCUT2D eigenvalue weighted by Gasteiger charge is 2.25. The molecule has 0 saturated carbocycles. The Hall–Kier alpha value is -2.84. The summed E-state index contributed by atoms with van der Waals surface area (Å²) < 4.78 is 3.55. The van der Waals surface area contributed by atoms with Crippen molar-refractivity contribution in [1.29, 1.82) is 5.26 Å². The van der Waals surface area contributed by atoms with Crippen LogP contribution in [0.15, 0.2) is 64.7 Å². The van der Waals surface area contributed by atoms with Crippen LogP contribution in [0, 0.1) is 25.2 Å². The van der Waals surface area contributed by atoms with Gasteiger partial charge in [-0.25, -0.2) is 0 Å². The summed E-state index contributed by atoms with van der Waals surface area (Å²) in [6.07, 6.45) is 3.55. The highest BCUT2D eigenvalue weighted by molar-refractivity contribution is 7.80. The van der Waals surface area contributed by atoms with E-state index in [4.69, 9.17) is 0 Å². The summed E-state index contributed by atoms with van der Waals surface area (Å²) in [6.45, 7) is 3.76. The Labute approximate surface area is 145 Å². The Balaban J connectivity index is 2.47. The molecule has 0 spiro atoms. The van der Waals surface area contributed by atoms with E-state index < -0.39 is 0 Å². The number of hydrogen-bond acceptors (Lipinski definition) is 3. The number of benzene rings is 1. The van der Waals surface area contributed by atoms with Crippen LogP contribution < -0.4 is 10.00 Å². The van der Waals surface area contributed by atoms with Crippen LogP contribution in [-0.2, 0) is 0 Å². The average molecular weight is 334 g/mol. The van der Waals surface area contributed by atoms with Gasteiger partial charge < -0.3 is 4.57 Å². The molecule has 0 aliphatic carbocycles. The summed E-state index contributed by atoms with van der Waals surface area (Å²) in [7, 11) is 0. The Morgan fingerprint density at radius 1 is 1.08 bits per heavy atom. The number of nitrogens with zero attached hydrogens (tertiary/aromatic N) is 3. The molecular weight excluding hydrogens is 318 g/mol. The van der Waals surface area contributed by atoms with E-state index in [0.29, 0.717) is 16.4 Å². The number of aromatic nitrogens is 2. The molecule has 3 rings (SSSR count). The molecule has 2 heterocycles. The van der Waals surface area contributed by atoms with Crippen LogP contribution in [0.25, 0.3) is 11.4 Å². The monoisotopic (exact) mass is 334 g/mol. The molecule has 4 nitrogen and oxygen atoms in total. The van der Waals surface area contributed by atoms with Crippen LogP contribution in [0.4, 0.5) is 0 Å². The maximum absolute atomic E-state index is 12.8. The van der Waals surface area contributed by atoms with Crippen molar-refractivity contribution in [2.75, 3.05) is 0 Å². The molecule has 24 heavy (non-hydrogen) atoms. The smallest absolute Gasteiger partial charge is 0.290 e. The number of thiol groups is 1. The van der Waals surface area contributed by atoms with E-state index in [2.05, 4.69) is 12.6 Å². The molecule has 0 N–H and O–H groups in total. The van der Waals surface area contributed by atoms with Gasteiger partial charge in [-0.2, -0.15) is 9.83 Å². The molecule has 0 aliphatic heterocycles. The fourth-order valence-corrected chi connectivity index (χ4v) is 3.26. The van der Waals surface area contributed by atoms with Gasteiger partial charge in [0.25, 0.3) is 11.1 Å². The maximum atomic E-state index is 12.8. The Bertz CT molecular complexity index is 1020. The molecule has 0 unspecified atom stereocenters. The summed E-state index contributed by atoms with van der Waals surface area (Å²) in [5, 5.41) is 10.0. The van der Waals surface area contributed by atoms with Crippen molar-refractivity contribution in [1.82, 2.24) is 4.57 Å². The Morgan fingerprint density at radius 2 is 1.75 bits per heavy atom. The predicted molar refractivity (Wildman–Crippen MR) is 95.0 cm³/mol. The summed E-state index contributed by atoms with van der Waals surface area (Å²) in [5.41, 5.74) is 2.69. The van der Waals surface area contributed by atoms with Crippen molar-refractivity contribution in [3.8, 4) is 17.4 Å². The van der Waals surface area contributed by atoms with Gasteiger partial charge in [0.2, 0.25) is 0 Å². The third-order valence-electron chi connectivity index (χ3n) is 4.00. The number of hydrogen-bond donors (Lipinski definition) is 1. The van der Waals surface area contributed by atoms with Crippen molar-refractivity contribution in [3.63, 3.8) is 0 Å². The molecule has 0 aliphatic rings. The van der Waals surface area contributed by atoms with Gasteiger partial charge >= 0.3 is 0 Å². The minimum absolute atomic E-state index is 0.127. The summed E-state index contributed by atoms with van der Waals surface area (Å²) >= 11 is 4.64. The minimum atomic E-state index is -0.318. The van der Waals surface area contributed by atoms with E-state index in [9.17, 15) is 10.1 Å². The third kappa shape index (κ3) is 2.51.